The molecule has 3 nitrogen and oxygen atoms in total. The zero-order chi connectivity index (χ0) is 15.4. The SMILES string of the molecule is CNCC1CCN(C(=O)CC2CCc3ccccc3C2)CC1. The summed E-state index contributed by atoms with van der Waals surface area (Å²) in [7, 11) is 2.01. The number of benzene rings is 1. The number of fused-ring (bicyclic) bond motifs is 1. The summed E-state index contributed by atoms with van der Waals surface area (Å²) in [4.78, 5) is 14.7. The summed E-state index contributed by atoms with van der Waals surface area (Å²) < 4.78 is 0. The van der Waals surface area contributed by atoms with Crippen LogP contribution in [0.15, 0.2) is 24.3 Å². The standard InChI is InChI=1S/C19H28N2O/c1-20-14-15-8-10-21(11-9-15)19(22)13-16-6-7-17-4-2-3-5-18(17)12-16/h2-5,15-16,20H,6-14H2,1H3. The van der Waals surface area contributed by atoms with Crippen molar-refractivity contribution in [1.29, 1.82) is 0 Å². The van der Waals surface area contributed by atoms with Crippen LogP contribution in [0.1, 0.15) is 36.8 Å². The molecule has 3 heteroatoms. The average molecular weight is 300 g/mol. The van der Waals surface area contributed by atoms with E-state index in [4.69, 9.17) is 0 Å². The fourth-order valence-corrected chi connectivity index (χ4v) is 4.00. The van der Waals surface area contributed by atoms with Gasteiger partial charge in [0.15, 0.2) is 0 Å². The minimum atomic E-state index is 0.382. The number of hydrogen-bond acceptors (Lipinski definition) is 2. The monoisotopic (exact) mass is 300 g/mol. The zero-order valence-electron chi connectivity index (χ0n) is 13.7. The molecule has 2 aliphatic rings. The first kappa shape index (κ1) is 15.5. The number of carbonyl (C=O) groups excluding carboxylic acids is 1. The predicted octanol–water partition coefficient (Wildman–Crippen LogP) is 2.64. The van der Waals surface area contributed by atoms with Gasteiger partial charge in [-0.1, -0.05) is 24.3 Å². The number of likely N-dealkylation sites (tertiary alicyclic amines) is 1. The van der Waals surface area contributed by atoms with Crippen molar-refractivity contribution < 1.29 is 4.79 Å². The van der Waals surface area contributed by atoms with Gasteiger partial charge in [-0.15, -0.1) is 0 Å². The van der Waals surface area contributed by atoms with E-state index < -0.39 is 0 Å². The van der Waals surface area contributed by atoms with Gasteiger partial charge in [-0.05, 0) is 68.7 Å². The van der Waals surface area contributed by atoms with E-state index in [1.807, 2.05) is 7.05 Å². The third-order valence-corrected chi connectivity index (χ3v) is 5.37. The number of amides is 1. The highest BCUT2D eigenvalue weighted by atomic mass is 16.2. The highest BCUT2D eigenvalue weighted by Crippen LogP contribution is 2.28. The quantitative estimate of drug-likeness (QED) is 0.927. The Hall–Kier alpha value is -1.35. The Bertz CT molecular complexity index is 506. The first-order valence-corrected chi connectivity index (χ1v) is 8.75. The maximum absolute atomic E-state index is 12.6. The van der Waals surface area contributed by atoms with Crippen LogP contribution in [0.3, 0.4) is 0 Å². The van der Waals surface area contributed by atoms with Crippen molar-refractivity contribution in [3.63, 3.8) is 0 Å². The molecule has 1 aromatic rings. The van der Waals surface area contributed by atoms with E-state index in [2.05, 4.69) is 34.5 Å². The van der Waals surface area contributed by atoms with Gasteiger partial charge < -0.3 is 10.2 Å². The average Bonchev–Trinajstić information content (AvgIpc) is 2.56. The summed E-state index contributed by atoms with van der Waals surface area (Å²) in [6.45, 7) is 2.99. The van der Waals surface area contributed by atoms with Gasteiger partial charge in [-0.2, -0.15) is 0 Å². The van der Waals surface area contributed by atoms with Gasteiger partial charge in [0, 0.05) is 19.5 Å². The molecule has 0 spiro atoms. The second kappa shape index (κ2) is 7.28. The predicted molar refractivity (Wildman–Crippen MR) is 89.8 cm³/mol. The third-order valence-electron chi connectivity index (χ3n) is 5.37. The maximum atomic E-state index is 12.6. The fraction of sp³-hybridized carbons (Fsp3) is 0.632. The summed E-state index contributed by atoms with van der Waals surface area (Å²) in [6.07, 6.45) is 6.43. The minimum Gasteiger partial charge on any atom is -0.343 e. The molecule has 1 N–H and O–H groups in total. The Kier molecular flexibility index (Phi) is 5.14. The first-order valence-electron chi connectivity index (χ1n) is 8.75. The van der Waals surface area contributed by atoms with Gasteiger partial charge in [0.05, 0.1) is 0 Å². The number of nitrogens with one attached hydrogen (secondary N) is 1. The van der Waals surface area contributed by atoms with Crippen LogP contribution in [0.5, 0.6) is 0 Å². The molecule has 1 aliphatic carbocycles. The van der Waals surface area contributed by atoms with Gasteiger partial charge in [-0.3, -0.25) is 4.79 Å². The molecule has 1 amide bonds. The normalized spacial score (nSPS) is 22.4. The van der Waals surface area contributed by atoms with E-state index in [0.29, 0.717) is 11.8 Å². The fourth-order valence-electron chi connectivity index (χ4n) is 4.00. The lowest BCUT2D eigenvalue weighted by molar-refractivity contribution is -0.133. The van der Waals surface area contributed by atoms with Crippen molar-refractivity contribution in [2.24, 2.45) is 11.8 Å². The van der Waals surface area contributed by atoms with Crippen LogP contribution in [-0.2, 0) is 17.6 Å². The molecule has 1 heterocycles. The topological polar surface area (TPSA) is 32.3 Å². The zero-order valence-corrected chi connectivity index (χ0v) is 13.7. The molecule has 1 atom stereocenters. The second-order valence-electron chi connectivity index (χ2n) is 6.96. The van der Waals surface area contributed by atoms with Crippen LogP contribution >= 0.6 is 0 Å². The number of aryl methyl sites for hydroxylation is 1. The lowest BCUT2D eigenvalue weighted by Gasteiger charge is -2.33. The number of hydrogen-bond donors (Lipinski definition) is 1. The highest BCUT2D eigenvalue weighted by molar-refractivity contribution is 5.76. The second-order valence-corrected chi connectivity index (χ2v) is 6.96. The minimum absolute atomic E-state index is 0.382. The third kappa shape index (κ3) is 3.70. The molecule has 120 valence electrons. The smallest absolute Gasteiger partial charge is 0.222 e. The lowest BCUT2D eigenvalue weighted by Crippen LogP contribution is -2.41. The number of piperidine rings is 1. The molecule has 1 unspecified atom stereocenters. The molecular formula is C19H28N2O. The Morgan fingerprint density at radius 1 is 1.14 bits per heavy atom. The highest BCUT2D eigenvalue weighted by Gasteiger charge is 2.26. The van der Waals surface area contributed by atoms with Gasteiger partial charge in [-0.25, -0.2) is 0 Å². The summed E-state index contributed by atoms with van der Waals surface area (Å²) in [5.41, 5.74) is 2.94. The van der Waals surface area contributed by atoms with Crippen LogP contribution in [0.25, 0.3) is 0 Å². The van der Waals surface area contributed by atoms with E-state index in [1.54, 1.807) is 0 Å². The summed E-state index contributed by atoms with van der Waals surface area (Å²) in [5.74, 6) is 1.67. The van der Waals surface area contributed by atoms with Gasteiger partial charge in [0.25, 0.3) is 0 Å². The molecular weight excluding hydrogens is 272 g/mol. The van der Waals surface area contributed by atoms with E-state index in [0.717, 1.165) is 57.7 Å². The molecule has 3 rings (SSSR count). The maximum Gasteiger partial charge on any atom is 0.222 e. The van der Waals surface area contributed by atoms with Crippen LogP contribution in [0, 0.1) is 11.8 Å². The van der Waals surface area contributed by atoms with Crippen molar-refractivity contribution in [3.05, 3.63) is 35.4 Å². The van der Waals surface area contributed by atoms with Crippen molar-refractivity contribution in [1.82, 2.24) is 10.2 Å². The molecule has 1 aromatic carbocycles. The largest absolute Gasteiger partial charge is 0.343 e. The Morgan fingerprint density at radius 3 is 2.59 bits per heavy atom. The van der Waals surface area contributed by atoms with Crippen molar-refractivity contribution in [2.75, 3.05) is 26.7 Å². The van der Waals surface area contributed by atoms with Crippen LogP contribution in [0.2, 0.25) is 0 Å². The molecule has 0 radical (unpaired) electrons. The Balaban J connectivity index is 1.49. The molecule has 1 saturated heterocycles. The van der Waals surface area contributed by atoms with Gasteiger partial charge in [0.2, 0.25) is 5.91 Å². The molecule has 0 saturated carbocycles. The van der Waals surface area contributed by atoms with Crippen molar-refractivity contribution >= 4 is 5.91 Å². The van der Waals surface area contributed by atoms with Crippen molar-refractivity contribution in [2.45, 2.75) is 38.5 Å². The molecule has 0 aromatic heterocycles. The summed E-state index contributed by atoms with van der Waals surface area (Å²) in [5, 5.41) is 3.25. The van der Waals surface area contributed by atoms with E-state index >= 15 is 0 Å². The lowest BCUT2D eigenvalue weighted by atomic mass is 9.82. The summed E-state index contributed by atoms with van der Waals surface area (Å²) >= 11 is 0. The summed E-state index contributed by atoms with van der Waals surface area (Å²) in [6, 6.07) is 8.71. The van der Waals surface area contributed by atoms with Crippen LogP contribution in [0.4, 0.5) is 0 Å². The molecule has 22 heavy (non-hydrogen) atoms. The number of rotatable bonds is 4. The first-order chi connectivity index (χ1) is 10.8. The van der Waals surface area contributed by atoms with Crippen LogP contribution in [-0.4, -0.2) is 37.5 Å². The Labute approximate surface area is 134 Å². The van der Waals surface area contributed by atoms with E-state index in [-0.39, 0.29) is 0 Å². The molecule has 1 aliphatic heterocycles. The van der Waals surface area contributed by atoms with E-state index in [9.17, 15) is 4.79 Å². The number of nitrogens with zero attached hydrogens (tertiary/aromatic N) is 1. The van der Waals surface area contributed by atoms with E-state index in [1.165, 1.54) is 17.5 Å². The van der Waals surface area contributed by atoms with Crippen LogP contribution < -0.4 is 5.32 Å². The van der Waals surface area contributed by atoms with Gasteiger partial charge in [0.1, 0.15) is 0 Å². The number of carbonyl (C=O) groups is 1. The van der Waals surface area contributed by atoms with Crippen molar-refractivity contribution in [3.8, 4) is 0 Å². The molecule has 1 fully saturated rings. The van der Waals surface area contributed by atoms with Gasteiger partial charge >= 0.3 is 0 Å². The Morgan fingerprint density at radius 2 is 1.86 bits per heavy atom. The molecule has 0 bridgehead atoms.